The van der Waals surface area contributed by atoms with Gasteiger partial charge < -0.3 is 27.3 Å². The van der Waals surface area contributed by atoms with E-state index in [1.54, 1.807) is 0 Å². The molecule has 9 heavy (non-hydrogen) atoms. The Morgan fingerprint density at radius 3 is 1.78 bits per heavy atom. The second-order valence-electron chi connectivity index (χ2n) is 0.814. The van der Waals surface area contributed by atoms with E-state index in [0.29, 0.717) is 0 Å². The van der Waals surface area contributed by atoms with Crippen LogP contribution in [0.2, 0.25) is 0 Å². The fraction of sp³-hybridized carbons (Fsp3) is 0. The van der Waals surface area contributed by atoms with Crippen LogP contribution in [0.15, 0.2) is 18.3 Å². The van der Waals surface area contributed by atoms with E-state index in [2.05, 4.69) is 11.2 Å². The first kappa shape index (κ1) is 23.1. The average Bonchev–Trinajstić information content (AvgIpc) is 1.76. The van der Waals surface area contributed by atoms with Crippen molar-refractivity contribution in [3.8, 4) is 0 Å². The minimum atomic E-state index is 0. The fourth-order valence-electron chi connectivity index (χ4n) is 0.241. The molecule has 1 rings (SSSR count). The summed E-state index contributed by atoms with van der Waals surface area (Å²) in [6.07, 6.45) is 4.56. The van der Waals surface area contributed by atoms with Crippen molar-refractivity contribution in [2.24, 2.45) is 0 Å². The third-order valence-electron chi connectivity index (χ3n) is 0.442. The third kappa shape index (κ3) is 11.5. The molecule has 0 radical (unpaired) electrons. The Bertz CT molecular complexity index is 65.4. The number of nitrogens with one attached hydrogen (secondary N) is 1. The Hall–Kier alpha value is -0.0966. The van der Waals surface area contributed by atoms with E-state index in [0.717, 1.165) is 0 Å². The zero-order chi connectivity index (χ0) is 3.54. The topological polar surface area (TPSA) is 15.8 Å². The largest absolute Gasteiger partial charge is 4.00 e. The quantitative estimate of drug-likeness (QED) is 0.501. The zero-order valence-electron chi connectivity index (χ0n) is 6.09. The van der Waals surface area contributed by atoms with Crippen LogP contribution in [0.25, 0.3) is 0 Å². The summed E-state index contributed by atoms with van der Waals surface area (Å²) < 4.78 is 0. The van der Waals surface area contributed by atoms with Gasteiger partial charge in [0.15, 0.2) is 0 Å². The number of H-pyrrole nitrogens is 1. The van der Waals surface area contributed by atoms with Gasteiger partial charge in [0.2, 0.25) is 0 Å². The van der Waals surface area contributed by atoms with Crippen LogP contribution in [-0.4, -0.2) is 4.98 Å². The van der Waals surface area contributed by atoms with Gasteiger partial charge in [0, 0.05) is 0 Å². The number of hydrogen-bond donors (Lipinski definition) is 1. The molecule has 1 nitrogen and oxygen atoms in total. The van der Waals surface area contributed by atoms with Gasteiger partial charge in [-0.15, -0.1) is 6.20 Å². The van der Waals surface area contributed by atoms with E-state index in [4.69, 9.17) is 0 Å². The van der Waals surface area contributed by atoms with Crippen molar-refractivity contribution in [2.75, 3.05) is 0 Å². The van der Waals surface area contributed by atoms with Crippen LogP contribution >= 0.6 is 0 Å². The summed E-state index contributed by atoms with van der Waals surface area (Å²) in [6, 6.07) is 3.71. The molecule has 0 saturated carbocycles. The van der Waals surface area contributed by atoms with Crippen molar-refractivity contribution in [2.45, 2.75) is 0 Å². The smallest absolute Gasteiger partial charge is 0.484 e. The van der Waals surface area contributed by atoms with Gasteiger partial charge in [-0.3, -0.25) is 0 Å². The normalized spacial score (nSPS) is 4.44. The van der Waals surface area contributed by atoms with E-state index >= 15 is 0 Å². The number of aromatic amines is 1. The van der Waals surface area contributed by atoms with Gasteiger partial charge in [-0.05, 0) is 0 Å². The molecule has 0 amide bonds. The van der Waals surface area contributed by atoms with Crippen LogP contribution in [0.3, 0.4) is 0 Å². The van der Waals surface area contributed by atoms with Crippen LogP contribution in [-0.2, 0) is 19.5 Å². The van der Waals surface area contributed by atoms with Crippen molar-refractivity contribution in [3.63, 3.8) is 0 Å². The monoisotopic (exact) mass is 213 g/mol. The van der Waals surface area contributed by atoms with Gasteiger partial charge in [-0.25, -0.2) is 0 Å². The SMILES string of the molecule is [CH3-].[CH3-].[CH3-].[Ru+4].[c-]1ccc[nH]1. The molecule has 1 aromatic rings. The Labute approximate surface area is 71.6 Å². The van der Waals surface area contributed by atoms with Crippen LogP contribution < -0.4 is 0 Å². The predicted octanol–water partition coefficient (Wildman–Crippen LogP) is 2.16. The third-order valence-corrected chi connectivity index (χ3v) is 0.442. The summed E-state index contributed by atoms with van der Waals surface area (Å²) in [7, 11) is 0. The van der Waals surface area contributed by atoms with E-state index < -0.39 is 0 Å². The van der Waals surface area contributed by atoms with E-state index in [1.165, 1.54) is 0 Å². The second kappa shape index (κ2) is 15.7. The van der Waals surface area contributed by atoms with Crippen molar-refractivity contribution < 1.29 is 19.5 Å². The second-order valence-corrected chi connectivity index (χ2v) is 0.814. The van der Waals surface area contributed by atoms with Crippen LogP contribution in [0.1, 0.15) is 0 Å². The minimum absolute atomic E-state index is 0. The molecule has 0 aliphatic carbocycles. The maximum Gasteiger partial charge on any atom is 4.00 e. The number of aromatic nitrogens is 1. The standard InChI is InChI=1S/C4H4N.3CH3.Ru/c1-2-4-5-3-1;;;;/h1-3,5H;3*1H3;/q4*-1;+4. The Morgan fingerprint density at radius 1 is 1.11 bits per heavy atom. The fourth-order valence-corrected chi connectivity index (χ4v) is 0.241. The van der Waals surface area contributed by atoms with Crippen LogP contribution in [0.4, 0.5) is 0 Å². The molecular weight excluding hydrogens is 199 g/mol. The maximum absolute atomic E-state index is 2.74. The molecule has 0 aromatic carbocycles. The molecule has 0 atom stereocenters. The first-order chi connectivity index (χ1) is 2.50. The Kier molecular flexibility index (Phi) is 40.3. The molecule has 1 N–H and O–H groups in total. The van der Waals surface area contributed by atoms with E-state index in [1.807, 2.05) is 18.3 Å². The summed E-state index contributed by atoms with van der Waals surface area (Å²) in [5, 5.41) is 0. The first-order valence-electron chi connectivity index (χ1n) is 1.49. The predicted molar refractivity (Wildman–Crippen MR) is 38.9 cm³/mol. The number of rotatable bonds is 0. The molecule has 1 heterocycles. The molecule has 0 aliphatic rings. The van der Waals surface area contributed by atoms with Crippen LogP contribution in [0, 0.1) is 28.5 Å². The van der Waals surface area contributed by atoms with Gasteiger partial charge in [-0.2, -0.15) is 18.3 Å². The van der Waals surface area contributed by atoms with Gasteiger partial charge in [0.1, 0.15) is 0 Å². The molecule has 0 spiro atoms. The van der Waals surface area contributed by atoms with Crippen LogP contribution in [0.5, 0.6) is 0 Å². The molecule has 0 saturated heterocycles. The van der Waals surface area contributed by atoms with E-state index in [-0.39, 0.29) is 41.8 Å². The molecule has 0 aliphatic heterocycles. The van der Waals surface area contributed by atoms with Gasteiger partial charge in [0.05, 0.1) is 0 Å². The first-order valence-corrected chi connectivity index (χ1v) is 1.49. The van der Waals surface area contributed by atoms with Crippen molar-refractivity contribution >= 4 is 0 Å². The molecule has 2 heteroatoms. The molecule has 0 unspecified atom stereocenters. The van der Waals surface area contributed by atoms with E-state index in [9.17, 15) is 0 Å². The zero-order valence-corrected chi connectivity index (χ0v) is 7.82. The minimum Gasteiger partial charge on any atom is -0.484 e. The molecule has 54 valence electrons. The van der Waals surface area contributed by atoms with Gasteiger partial charge in [0.25, 0.3) is 0 Å². The van der Waals surface area contributed by atoms with Crippen molar-refractivity contribution in [1.82, 2.24) is 4.98 Å². The molecule has 0 bridgehead atoms. The molecular formula is C7H13NRu. The summed E-state index contributed by atoms with van der Waals surface area (Å²) in [5.41, 5.74) is 0. The summed E-state index contributed by atoms with van der Waals surface area (Å²) >= 11 is 0. The van der Waals surface area contributed by atoms with Gasteiger partial charge in [-0.1, -0.05) is 0 Å². The Balaban J connectivity index is -0.0000000312. The number of hydrogen-bond acceptors (Lipinski definition) is 0. The average molecular weight is 212 g/mol. The van der Waals surface area contributed by atoms with Crippen molar-refractivity contribution in [1.29, 1.82) is 0 Å². The van der Waals surface area contributed by atoms with Gasteiger partial charge >= 0.3 is 19.5 Å². The van der Waals surface area contributed by atoms with Crippen molar-refractivity contribution in [3.05, 3.63) is 46.8 Å². The summed E-state index contributed by atoms with van der Waals surface area (Å²) in [6.45, 7) is 0. The summed E-state index contributed by atoms with van der Waals surface area (Å²) in [4.78, 5) is 2.74. The molecule has 1 aromatic heterocycles. The maximum atomic E-state index is 2.74. The summed E-state index contributed by atoms with van der Waals surface area (Å²) in [5.74, 6) is 0. The Morgan fingerprint density at radius 2 is 1.67 bits per heavy atom. The molecule has 0 fully saturated rings.